The number of unbranched alkanes of at least 4 members (excludes halogenated alkanes) is 5. The van der Waals surface area contributed by atoms with Crippen molar-refractivity contribution >= 4 is 44.4 Å². The molecule has 1 heterocycles. The van der Waals surface area contributed by atoms with Crippen molar-refractivity contribution in [1.29, 1.82) is 0 Å². The smallest absolute Gasteiger partial charge is 0.0568 e. The Labute approximate surface area is 492 Å². The number of fused-ring (bicyclic) bond motifs is 9. The molecule has 4 unspecified atom stereocenters. The molecule has 0 radical (unpaired) electrons. The van der Waals surface area contributed by atoms with Gasteiger partial charge in [-0.05, 0) is 183 Å². The average Bonchev–Trinajstić information content (AvgIpc) is 2.66. The highest BCUT2D eigenvalue weighted by Gasteiger charge is 2.45. The summed E-state index contributed by atoms with van der Waals surface area (Å²) in [7, 11) is 0. The molecule has 83 heavy (non-hydrogen) atoms. The van der Waals surface area contributed by atoms with E-state index in [-0.39, 0.29) is 16.9 Å². The van der Waals surface area contributed by atoms with Gasteiger partial charge in [0.25, 0.3) is 0 Å². The molecule has 4 aliphatic rings. The van der Waals surface area contributed by atoms with Crippen molar-refractivity contribution in [1.82, 2.24) is 4.57 Å². The lowest BCUT2D eigenvalue weighted by Crippen LogP contribution is -2.24. The lowest BCUT2D eigenvalue weighted by atomic mass is 9.74. The topological polar surface area (TPSA) is 8.17 Å². The fourth-order valence-electron chi connectivity index (χ4n) is 15.1. The van der Waals surface area contributed by atoms with Crippen LogP contribution in [0.4, 0.5) is 17.1 Å². The summed E-state index contributed by atoms with van der Waals surface area (Å²) in [6, 6.07) is 76.3. The highest BCUT2D eigenvalue weighted by atomic mass is 15.1. The first kappa shape index (κ1) is 52.6. The van der Waals surface area contributed by atoms with E-state index in [0.717, 1.165) is 17.8 Å². The van der Waals surface area contributed by atoms with E-state index in [4.69, 9.17) is 0 Å². The molecule has 0 fully saturated rings. The minimum atomic E-state index is -0.0187. The number of nitrogens with zero attached hydrogens (tertiary/aromatic N) is 2. The molecule has 0 saturated carbocycles. The highest BCUT2D eigenvalue weighted by Crippen LogP contribution is 2.55. The number of aromatic nitrogens is 1. The van der Waals surface area contributed by atoms with Gasteiger partial charge in [0.2, 0.25) is 0 Å². The minimum Gasteiger partial charge on any atom is -0.333 e. The minimum absolute atomic E-state index is 0.00297. The molecule has 0 aliphatic heterocycles. The van der Waals surface area contributed by atoms with Crippen molar-refractivity contribution in [3.8, 4) is 44.5 Å². The van der Waals surface area contributed by atoms with Gasteiger partial charge < -0.3 is 9.47 Å². The van der Waals surface area contributed by atoms with Crippen molar-refractivity contribution in [3.63, 3.8) is 0 Å². The summed E-state index contributed by atoms with van der Waals surface area (Å²) < 4.78 is 2.65. The standard InChI is InChI=1S/C81H76N2/c1-7-8-9-10-11-20-45-81(6)76-48-54(2)27-40-70(76)71-41-32-62(52-77(71)81)63-46-55(3)47-67(49-63)83-78-43-33-60(57-23-16-13-17-24-57)50-72(78)73-51-61(34-44-79(73)83)59-30-37-65(38-31-59)82(64-35-28-58(29-36-64)56-21-14-12-15-22-56)66-39-42-69-68-25-18-19-26-74(68)80(4,5)75(69)53-66/h12-19,21-44,46,48-53,67-68,74H,7-11,20,45,47H2,1-6H3. The van der Waals surface area contributed by atoms with Gasteiger partial charge in [0.05, 0.1) is 6.04 Å². The van der Waals surface area contributed by atoms with Gasteiger partial charge in [-0.25, -0.2) is 0 Å². The molecule has 0 saturated heterocycles. The predicted octanol–water partition coefficient (Wildman–Crippen LogP) is 22.7. The first-order valence-electron chi connectivity index (χ1n) is 30.9. The molecular weight excluding hydrogens is 1000 g/mol. The fraction of sp³-hybridized carbons (Fsp3) is 0.235. The van der Waals surface area contributed by atoms with Gasteiger partial charge in [-0.1, -0.05) is 247 Å². The number of hydrogen-bond donors (Lipinski definition) is 0. The summed E-state index contributed by atoms with van der Waals surface area (Å²) in [6.07, 6.45) is 24.3. The summed E-state index contributed by atoms with van der Waals surface area (Å²) >= 11 is 0. The van der Waals surface area contributed by atoms with Gasteiger partial charge in [-0.2, -0.15) is 0 Å². The number of benzene rings is 9. The van der Waals surface area contributed by atoms with Crippen LogP contribution in [0.1, 0.15) is 131 Å². The van der Waals surface area contributed by atoms with E-state index in [1.807, 2.05) is 0 Å². The maximum Gasteiger partial charge on any atom is 0.0568 e. The van der Waals surface area contributed by atoms with Crippen LogP contribution in [0.15, 0.2) is 242 Å². The first-order chi connectivity index (χ1) is 40.5. The SMILES string of the molecule is CCCCCCCCC1(C)c2cc(C)ccc2-c2ccc(C3=CC(n4c5ccc(-c6ccccc6)cc5c5cc(-c6ccc(N(c7ccc(-c8ccccc8)cc7)c7ccc8c(c7)C(C)(C)C7C=CC=CC87)cc6)ccc54)CC(C)=C3)cc21. The lowest BCUT2D eigenvalue weighted by molar-refractivity contribution is 0.394. The third kappa shape index (κ3) is 9.36. The third-order valence-corrected chi connectivity index (χ3v) is 19.6. The van der Waals surface area contributed by atoms with Crippen LogP contribution in [0.25, 0.3) is 71.9 Å². The Morgan fingerprint density at radius 1 is 0.482 bits per heavy atom. The molecule has 4 atom stereocenters. The van der Waals surface area contributed by atoms with Gasteiger partial charge in [0.1, 0.15) is 0 Å². The predicted molar refractivity (Wildman–Crippen MR) is 354 cm³/mol. The summed E-state index contributed by atoms with van der Waals surface area (Å²) in [5.74, 6) is 0.848. The molecular formula is C81H76N2. The van der Waals surface area contributed by atoms with Crippen LogP contribution in [-0.4, -0.2) is 4.57 Å². The van der Waals surface area contributed by atoms with Crippen molar-refractivity contribution in [2.75, 3.05) is 4.90 Å². The molecule has 0 spiro atoms. The van der Waals surface area contributed by atoms with E-state index in [0.29, 0.717) is 11.8 Å². The van der Waals surface area contributed by atoms with E-state index >= 15 is 0 Å². The van der Waals surface area contributed by atoms with Crippen LogP contribution in [0.3, 0.4) is 0 Å². The van der Waals surface area contributed by atoms with Gasteiger partial charge in [-0.15, -0.1) is 0 Å². The molecule has 4 aliphatic carbocycles. The Bertz CT molecular complexity index is 4220. The molecule has 2 heteroatoms. The van der Waals surface area contributed by atoms with E-state index < -0.39 is 0 Å². The molecule has 14 rings (SSSR count). The largest absolute Gasteiger partial charge is 0.333 e. The van der Waals surface area contributed by atoms with Crippen molar-refractivity contribution < 1.29 is 0 Å². The Balaban J connectivity index is 0.838. The fourth-order valence-corrected chi connectivity index (χ4v) is 15.1. The summed E-state index contributed by atoms with van der Waals surface area (Å²) in [5, 5.41) is 2.57. The molecule has 0 N–H and O–H groups in total. The van der Waals surface area contributed by atoms with Crippen LogP contribution in [0, 0.1) is 12.8 Å². The van der Waals surface area contributed by atoms with Gasteiger partial charge >= 0.3 is 0 Å². The Morgan fingerprint density at radius 2 is 1.02 bits per heavy atom. The van der Waals surface area contributed by atoms with Gasteiger partial charge in [-0.3, -0.25) is 0 Å². The average molecular weight is 1080 g/mol. The van der Waals surface area contributed by atoms with E-state index in [2.05, 4.69) is 288 Å². The first-order valence-corrected chi connectivity index (χ1v) is 30.9. The molecule has 2 nitrogen and oxygen atoms in total. The zero-order chi connectivity index (χ0) is 56.4. The summed E-state index contributed by atoms with van der Waals surface area (Å²) in [6.45, 7) is 14.3. The second-order valence-electron chi connectivity index (χ2n) is 25.4. The quantitative estimate of drug-likeness (QED) is 0.0929. The zero-order valence-electron chi connectivity index (χ0n) is 49.3. The van der Waals surface area contributed by atoms with E-state index in [1.165, 1.54) is 161 Å². The monoisotopic (exact) mass is 1080 g/mol. The number of allylic oxidation sites excluding steroid dienone is 8. The summed E-state index contributed by atoms with van der Waals surface area (Å²) in [5.41, 5.74) is 27.4. The third-order valence-electron chi connectivity index (χ3n) is 19.6. The second kappa shape index (κ2) is 21.4. The maximum atomic E-state index is 2.65. The number of aryl methyl sites for hydroxylation is 1. The Morgan fingerprint density at radius 3 is 1.69 bits per heavy atom. The zero-order valence-corrected chi connectivity index (χ0v) is 49.3. The van der Waals surface area contributed by atoms with Gasteiger partial charge in [0, 0.05) is 50.2 Å². The van der Waals surface area contributed by atoms with Crippen LogP contribution in [0.5, 0.6) is 0 Å². The number of hydrogen-bond acceptors (Lipinski definition) is 1. The van der Waals surface area contributed by atoms with Crippen LogP contribution in [-0.2, 0) is 10.8 Å². The number of rotatable bonds is 15. The molecule has 9 aromatic carbocycles. The summed E-state index contributed by atoms with van der Waals surface area (Å²) in [4.78, 5) is 2.45. The normalized spacial score (nSPS) is 19.1. The Hall–Kier alpha value is -8.46. The Kier molecular flexibility index (Phi) is 13.5. The molecule has 10 aromatic rings. The van der Waals surface area contributed by atoms with Crippen molar-refractivity contribution in [2.45, 2.75) is 116 Å². The van der Waals surface area contributed by atoms with Crippen LogP contribution < -0.4 is 4.90 Å². The van der Waals surface area contributed by atoms with Crippen LogP contribution >= 0.6 is 0 Å². The van der Waals surface area contributed by atoms with Crippen LogP contribution in [0.2, 0.25) is 0 Å². The second-order valence-corrected chi connectivity index (χ2v) is 25.4. The lowest BCUT2D eigenvalue weighted by Gasteiger charge is -2.30. The molecule has 0 bridgehead atoms. The van der Waals surface area contributed by atoms with Crippen molar-refractivity contribution in [3.05, 3.63) is 276 Å². The van der Waals surface area contributed by atoms with E-state index in [9.17, 15) is 0 Å². The molecule has 1 aromatic heterocycles. The molecule has 0 amide bonds. The molecule has 410 valence electrons. The van der Waals surface area contributed by atoms with Crippen molar-refractivity contribution in [2.24, 2.45) is 5.92 Å². The van der Waals surface area contributed by atoms with Gasteiger partial charge in [0.15, 0.2) is 0 Å². The van der Waals surface area contributed by atoms with E-state index in [1.54, 1.807) is 0 Å². The highest BCUT2D eigenvalue weighted by molar-refractivity contribution is 6.11. The number of anilines is 3. The maximum absolute atomic E-state index is 2.65.